The van der Waals surface area contributed by atoms with Crippen molar-refractivity contribution in [3.05, 3.63) is 35.9 Å². The van der Waals surface area contributed by atoms with Crippen molar-refractivity contribution in [1.82, 2.24) is 10.6 Å². The van der Waals surface area contributed by atoms with Gasteiger partial charge in [-0.15, -0.1) is 0 Å². The van der Waals surface area contributed by atoms with E-state index in [9.17, 15) is 9.18 Å². The fourth-order valence-corrected chi connectivity index (χ4v) is 8.12. The SMILES string of the molecule is CCC[C@]12CC3CC(C(=O)N[C@@H]4CCNC[C@H]4F)(C1)C[C@@](c1ccccc1)(C3)C2. The van der Waals surface area contributed by atoms with Crippen LogP contribution in [0.1, 0.15) is 70.3 Å². The summed E-state index contributed by atoms with van der Waals surface area (Å²) in [5.41, 5.74) is 1.52. The number of carbonyl (C=O) groups excluding carboxylic acids is 1. The molecule has 3 nitrogen and oxygen atoms in total. The third kappa shape index (κ3) is 3.22. The summed E-state index contributed by atoms with van der Waals surface area (Å²) in [4.78, 5) is 13.7. The molecular weight excluding hydrogens is 363 g/mol. The molecule has 4 heteroatoms. The molecule has 6 rings (SSSR count). The third-order valence-corrected chi connectivity index (χ3v) is 8.56. The first kappa shape index (κ1) is 19.5. The molecule has 2 unspecified atom stereocenters. The molecule has 1 aliphatic heterocycles. The van der Waals surface area contributed by atoms with Crippen molar-refractivity contribution in [2.75, 3.05) is 13.1 Å². The van der Waals surface area contributed by atoms with Gasteiger partial charge in [0, 0.05) is 6.54 Å². The molecule has 2 N–H and O–H groups in total. The lowest BCUT2D eigenvalue weighted by Crippen LogP contribution is -2.64. The topological polar surface area (TPSA) is 41.1 Å². The average molecular weight is 399 g/mol. The van der Waals surface area contributed by atoms with Crippen LogP contribution in [0.2, 0.25) is 0 Å². The lowest BCUT2D eigenvalue weighted by molar-refractivity contribution is -0.165. The van der Waals surface area contributed by atoms with Crippen molar-refractivity contribution in [3.8, 4) is 0 Å². The predicted octanol–water partition coefficient (Wildman–Crippen LogP) is 4.51. The molecule has 5 fully saturated rings. The molecule has 5 aliphatic rings. The van der Waals surface area contributed by atoms with Crippen LogP contribution >= 0.6 is 0 Å². The van der Waals surface area contributed by atoms with E-state index in [0.29, 0.717) is 18.9 Å². The number of benzene rings is 1. The molecule has 4 saturated carbocycles. The Morgan fingerprint density at radius 1 is 1.17 bits per heavy atom. The van der Waals surface area contributed by atoms with Crippen molar-refractivity contribution in [2.24, 2.45) is 16.7 Å². The Balaban J connectivity index is 1.48. The van der Waals surface area contributed by atoms with Crippen molar-refractivity contribution >= 4 is 5.91 Å². The summed E-state index contributed by atoms with van der Waals surface area (Å²) < 4.78 is 14.4. The molecule has 1 amide bonds. The van der Waals surface area contributed by atoms with Gasteiger partial charge in [0.25, 0.3) is 0 Å². The first-order valence-electron chi connectivity index (χ1n) is 11.7. The standard InChI is InChI=1S/C25H35FN2O/c1-2-9-23-11-18-12-24(15-23,19-6-4-3-5-7-19)17-25(13-18,16-23)22(29)28-21-8-10-27-14-20(21)26/h3-7,18,20-21,27H,2,8-17H2,1H3,(H,28,29)/t18?,20-,21-,23-,24-,25?/m1/s1. The lowest BCUT2D eigenvalue weighted by atomic mass is 9.37. The molecule has 4 aliphatic carbocycles. The molecule has 4 bridgehead atoms. The minimum atomic E-state index is -0.978. The summed E-state index contributed by atoms with van der Waals surface area (Å²) in [5.74, 6) is 0.773. The van der Waals surface area contributed by atoms with E-state index in [4.69, 9.17) is 0 Å². The highest BCUT2D eigenvalue weighted by Gasteiger charge is 2.65. The summed E-state index contributed by atoms with van der Waals surface area (Å²) in [6.07, 6.45) is 8.78. The normalized spacial score (nSPS) is 43.3. The number of hydrogen-bond donors (Lipinski definition) is 2. The maximum absolute atomic E-state index is 14.4. The summed E-state index contributed by atoms with van der Waals surface area (Å²) >= 11 is 0. The Labute approximate surface area is 174 Å². The van der Waals surface area contributed by atoms with Crippen LogP contribution in [0.5, 0.6) is 0 Å². The largest absolute Gasteiger partial charge is 0.350 e. The maximum atomic E-state index is 14.4. The first-order valence-corrected chi connectivity index (χ1v) is 11.7. The fraction of sp³-hybridized carbons (Fsp3) is 0.720. The van der Waals surface area contributed by atoms with E-state index in [1.807, 2.05) is 0 Å². The van der Waals surface area contributed by atoms with Gasteiger partial charge in [-0.05, 0) is 80.2 Å². The molecular formula is C25H35FN2O. The first-order chi connectivity index (χ1) is 14.0. The molecule has 0 aromatic heterocycles. The Morgan fingerprint density at radius 3 is 2.76 bits per heavy atom. The van der Waals surface area contributed by atoms with Gasteiger partial charge < -0.3 is 10.6 Å². The smallest absolute Gasteiger partial charge is 0.226 e. The van der Waals surface area contributed by atoms with E-state index >= 15 is 0 Å². The van der Waals surface area contributed by atoms with Gasteiger partial charge in [-0.3, -0.25) is 4.79 Å². The van der Waals surface area contributed by atoms with Crippen LogP contribution in [0.15, 0.2) is 30.3 Å². The second-order valence-corrected chi connectivity index (χ2v) is 10.8. The minimum absolute atomic E-state index is 0.121. The number of rotatable bonds is 5. The van der Waals surface area contributed by atoms with Crippen molar-refractivity contribution < 1.29 is 9.18 Å². The molecule has 1 heterocycles. The summed E-state index contributed by atoms with van der Waals surface area (Å²) in [6.45, 7) is 3.42. The van der Waals surface area contributed by atoms with E-state index in [2.05, 4.69) is 47.9 Å². The maximum Gasteiger partial charge on any atom is 0.226 e. The number of halogens is 1. The monoisotopic (exact) mass is 398 g/mol. The van der Waals surface area contributed by atoms with E-state index < -0.39 is 6.17 Å². The van der Waals surface area contributed by atoms with Crippen molar-refractivity contribution in [2.45, 2.75) is 82.3 Å². The van der Waals surface area contributed by atoms with Gasteiger partial charge in [-0.2, -0.15) is 0 Å². The lowest BCUT2D eigenvalue weighted by Gasteiger charge is -2.66. The van der Waals surface area contributed by atoms with E-state index in [1.165, 1.54) is 37.7 Å². The van der Waals surface area contributed by atoms with Crippen molar-refractivity contribution in [1.29, 1.82) is 0 Å². The van der Waals surface area contributed by atoms with Gasteiger partial charge in [-0.1, -0.05) is 43.7 Å². The Bertz CT molecular complexity index is 769. The van der Waals surface area contributed by atoms with E-state index in [1.54, 1.807) is 0 Å². The predicted molar refractivity (Wildman–Crippen MR) is 113 cm³/mol. The molecule has 1 saturated heterocycles. The van der Waals surface area contributed by atoms with Gasteiger partial charge in [0.2, 0.25) is 5.91 Å². The van der Waals surface area contributed by atoms with Crippen LogP contribution in [0.25, 0.3) is 0 Å². The van der Waals surface area contributed by atoms with Gasteiger partial charge >= 0.3 is 0 Å². The highest BCUT2D eigenvalue weighted by Crippen LogP contribution is 2.71. The van der Waals surface area contributed by atoms with Gasteiger partial charge in [-0.25, -0.2) is 4.39 Å². The second-order valence-electron chi connectivity index (χ2n) is 10.8. The second kappa shape index (κ2) is 7.08. The summed E-state index contributed by atoms with van der Waals surface area (Å²) in [5, 5.41) is 6.30. The molecule has 6 atom stereocenters. The molecule has 1 aromatic rings. The molecule has 29 heavy (non-hydrogen) atoms. The zero-order valence-electron chi connectivity index (χ0n) is 17.7. The van der Waals surface area contributed by atoms with E-state index in [-0.39, 0.29) is 28.2 Å². The Kier molecular flexibility index (Phi) is 4.77. The van der Waals surface area contributed by atoms with Crippen LogP contribution in [0.4, 0.5) is 4.39 Å². The van der Waals surface area contributed by atoms with Gasteiger partial charge in [0.1, 0.15) is 6.17 Å². The number of piperidine rings is 1. The quantitative estimate of drug-likeness (QED) is 0.766. The van der Waals surface area contributed by atoms with Gasteiger partial charge in [0.05, 0.1) is 11.5 Å². The fourth-order valence-electron chi connectivity index (χ4n) is 8.12. The Morgan fingerprint density at radius 2 is 2.00 bits per heavy atom. The minimum Gasteiger partial charge on any atom is -0.350 e. The van der Waals surface area contributed by atoms with Crippen LogP contribution in [-0.4, -0.2) is 31.2 Å². The molecule has 1 aromatic carbocycles. The van der Waals surface area contributed by atoms with Crippen LogP contribution < -0.4 is 10.6 Å². The number of alkyl halides is 1. The highest BCUT2D eigenvalue weighted by molar-refractivity contribution is 5.84. The summed E-state index contributed by atoms with van der Waals surface area (Å²) in [7, 11) is 0. The Hall–Kier alpha value is -1.42. The highest BCUT2D eigenvalue weighted by atomic mass is 19.1. The van der Waals surface area contributed by atoms with Gasteiger partial charge in [0.15, 0.2) is 0 Å². The zero-order chi connectivity index (χ0) is 20.1. The van der Waals surface area contributed by atoms with Crippen molar-refractivity contribution in [3.63, 3.8) is 0 Å². The third-order valence-electron chi connectivity index (χ3n) is 8.56. The molecule has 0 radical (unpaired) electrons. The summed E-state index contributed by atoms with van der Waals surface area (Å²) in [6, 6.07) is 10.6. The number of hydrogen-bond acceptors (Lipinski definition) is 2. The zero-order valence-corrected chi connectivity index (χ0v) is 17.7. The number of amides is 1. The van der Waals surface area contributed by atoms with Crippen LogP contribution in [0.3, 0.4) is 0 Å². The molecule has 158 valence electrons. The number of nitrogens with one attached hydrogen (secondary N) is 2. The average Bonchev–Trinajstić information content (AvgIpc) is 2.69. The molecule has 0 spiro atoms. The number of carbonyl (C=O) groups is 1. The van der Waals surface area contributed by atoms with Crippen LogP contribution in [-0.2, 0) is 10.2 Å². The van der Waals surface area contributed by atoms with E-state index in [0.717, 1.165) is 25.8 Å². The van der Waals surface area contributed by atoms with Crippen LogP contribution in [0, 0.1) is 16.7 Å².